The summed E-state index contributed by atoms with van der Waals surface area (Å²) in [4.78, 5) is 11.7. The van der Waals surface area contributed by atoms with Crippen LogP contribution in [0, 0.1) is 0 Å². The third-order valence-electron chi connectivity index (χ3n) is 2.27. The summed E-state index contributed by atoms with van der Waals surface area (Å²) >= 11 is 3.32. The van der Waals surface area contributed by atoms with E-state index in [2.05, 4.69) is 21.2 Å². The molecule has 6 heteroatoms. The number of hydrogen-bond acceptors (Lipinski definition) is 4. The number of halogens is 1. The molecular formula is C12H17BrN2O3. The van der Waals surface area contributed by atoms with E-state index in [1.807, 2.05) is 0 Å². The number of hydrogen-bond donors (Lipinski definition) is 2. The number of carbonyl (C=O) groups excluding carboxylic acids is 1. The molecule has 1 aromatic carbocycles. The van der Waals surface area contributed by atoms with Gasteiger partial charge in [0.2, 0.25) is 0 Å². The van der Waals surface area contributed by atoms with Crippen molar-refractivity contribution < 1.29 is 14.3 Å². The van der Waals surface area contributed by atoms with E-state index in [1.54, 1.807) is 32.2 Å². The number of rotatable bonds is 6. The van der Waals surface area contributed by atoms with Crippen LogP contribution in [0.3, 0.4) is 0 Å². The van der Waals surface area contributed by atoms with Gasteiger partial charge in [0, 0.05) is 19.3 Å². The van der Waals surface area contributed by atoms with Crippen LogP contribution in [0.2, 0.25) is 0 Å². The number of anilines is 1. The van der Waals surface area contributed by atoms with Crippen molar-refractivity contribution in [3.8, 4) is 5.75 Å². The Hall–Kier alpha value is -1.27. The van der Waals surface area contributed by atoms with E-state index in [4.69, 9.17) is 15.2 Å². The molecule has 1 rings (SSSR count). The summed E-state index contributed by atoms with van der Waals surface area (Å²) in [6, 6.07) is 5.27. The maximum atomic E-state index is 11.7. The number of nitrogen functional groups attached to an aromatic ring is 1. The Morgan fingerprint density at radius 2 is 2.28 bits per heavy atom. The van der Waals surface area contributed by atoms with Gasteiger partial charge in [0.05, 0.1) is 11.1 Å². The molecule has 0 saturated heterocycles. The molecule has 0 fully saturated rings. The molecule has 3 N–H and O–H groups in total. The zero-order valence-corrected chi connectivity index (χ0v) is 12.0. The van der Waals surface area contributed by atoms with Crippen LogP contribution < -0.4 is 15.8 Å². The first-order chi connectivity index (χ1) is 8.56. The average Bonchev–Trinajstić information content (AvgIpc) is 2.35. The fraction of sp³-hybridized carbons (Fsp3) is 0.417. The number of nitrogens with one attached hydrogen (secondary N) is 1. The van der Waals surface area contributed by atoms with E-state index in [-0.39, 0.29) is 5.91 Å². The van der Waals surface area contributed by atoms with Crippen LogP contribution in [-0.2, 0) is 9.53 Å². The summed E-state index contributed by atoms with van der Waals surface area (Å²) in [6.45, 7) is 2.61. The van der Waals surface area contributed by atoms with E-state index in [1.165, 1.54) is 0 Å². The van der Waals surface area contributed by atoms with Gasteiger partial charge in [-0.15, -0.1) is 0 Å². The van der Waals surface area contributed by atoms with Gasteiger partial charge in [0.25, 0.3) is 5.91 Å². The van der Waals surface area contributed by atoms with E-state index in [0.717, 1.165) is 0 Å². The quantitative estimate of drug-likeness (QED) is 0.617. The van der Waals surface area contributed by atoms with Crippen molar-refractivity contribution >= 4 is 27.5 Å². The third-order valence-corrected chi connectivity index (χ3v) is 3.12. The smallest absolute Gasteiger partial charge is 0.260 e. The molecule has 0 saturated carbocycles. The van der Waals surface area contributed by atoms with Crippen LogP contribution in [0.15, 0.2) is 22.7 Å². The average molecular weight is 317 g/mol. The second-order valence-corrected chi connectivity index (χ2v) is 4.50. The Balaban J connectivity index is 2.56. The highest BCUT2D eigenvalue weighted by molar-refractivity contribution is 9.10. The first-order valence-corrected chi connectivity index (χ1v) is 6.33. The SMILES string of the molecule is COCCNC(=O)C(C)Oc1cccc(N)c1Br. The molecule has 0 heterocycles. The molecule has 5 nitrogen and oxygen atoms in total. The highest BCUT2D eigenvalue weighted by Gasteiger charge is 2.15. The second-order valence-electron chi connectivity index (χ2n) is 3.70. The normalized spacial score (nSPS) is 11.9. The van der Waals surface area contributed by atoms with Crippen LogP contribution in [0.4, 0.5) is 5.69 Å². The standard InChI is InChI=1S/C12H17BrN2O3/c1-8(12(16)15-6-7-17-2)18-10-5-3-4-9(14)11(10)13/h3-5,8H,6-7,14H2,1-2H3,(H,15,16). The van der Waals surface area contributed by atoms with Crippen LogP contribution in [-0.4, -0.2) is 32.3 Å². The van der Waals surface area contributed by atoms with Gasteiger partial charge in [-0.05, 0) is 35.0 Å². The van der Waals surface area contributed by atoms with Crippen molar-refractivity contribution in [1.29, 1.82) is 0 Å². The Labute approximate surface area is 115 Å². The van der Waals surface area contributed by atoms with E-state index in [9.17, 15) is 4.79 Å². The van der Waals surface area contributed by atoms with Crippen LogP contribution >= 0.6 is 15.9 Å². The molecule has 1 unspecified atom stereocenters. The summed E-state index contributed by atoms with van der Waals surface area (Å²) < 4.78 is 11.0. The molecule has 0 bridgehead atoms. The van der Waals surface area contributed by atoms with Gasteiger partial charge in [0.15, 0.2) is 6.10 Å². The number of nitrogens with two attached hydrogens (primary N) is 1. The van der Waals surface area contributed by atoms with Crippen LogP contribution in [0.5, 0.6) is 5.75 Å². The van der Waals surface area contributed by atoms with Gasteiger partial charge in [-0.3, -0.25) is 4.79 Å². The second kappa shape index (κ2) is 7.23. The third kappa shape index (κ3) is 4.19. The first-order valence-electron chi connectivity index (χ1n) is 5.53. The summed E-state index contributed by atoms with van der Waals surface area (Å²) in [5.41, 5.74) is 6.30. The molecule has 0 aliphatic heterocycles. The molecule has 0 spiro atoms. The molecule has 0 radical (unpaired) electrons. The summed E-state index contributed by atoms with van der Waals surface area (Å²) in [6.07, 6.45) is -0.597. The Kier molecular flexibility index (Phi) is 5.94. The summed E-state index contributed by atoms with van der Waals surface area (Å²) in [5, 5.41) is 2.70. The van der Waals surface area contributed by atoms with Crippen molar-refractivity contribution in [1.82, 2.24) is 5.32 Å². The lowest BCUT2D eigenvalue weighted by atomic mass is 10.3. The Morgan fingerprint density at radius 1 is 1.56 bits per heavy atom. The number of benzene rings is 1. The number of ether oxygens (including phenoxy) is 2. The fourth-order valence-corrected chi connectivity index (χ4v) is 1.64. The molecule has 1 atom stereocenters. The minimum absolute atomic E-state index is 0.193. The molecule has 0 aliphatic carbocycles. The fourth-order valence-electron chi connectivity index (χ4n) is 1.28. The van der Waals surface area contributed by atoms with Gasteiger partial charge in [0.1, 0.15) is 5.75 Å². The monoisotopic (exact) mass is 316 g/mol. The zero-order chi connectivity index (χ0) is 13.5. The Morgan fingerprint density at radius 3 is 2.94 bits per heavy atom. The number of carbonyl (C=O) groups is 1. The van der Waals surface area contributed by atoms with Crippen molar-refractivity contribution in [3.05, 3.63) is 22.7 Å². The molecule has 1 aromatic rings. The maximum absolute atomic E-state index is 11.7. The van der Waals surface area contributed by atoms with E-state index in [0.29, 0.717) is 29.1 Å². The van der Waals surface area contributed by atoms with E-state index < -0.39 is 6.10 Å². The highest BCUT2D eigenvalue weighted by Crippen LogP contribution is 2.30. The van der Waals surface area contributed by atoms with Crippen molar-refractivity contribution in [2.75, 3.05) is 26.0 Å². The highest BCUT2D eigenvalue weighted by atomic mass is 79.9. The van der Waals surface area contributed by atoms with Crippen LogP contribution in [0.25, 0.3) is 0 Å². The van der Waals surface area contributed by atoms with Gasteiger partial charge in [-0.25, -0.2) is 0 Å². The molecule has 18 heavy (non-hydrogen) atoms. The summed E-state index contributed by atoms with van der Waals surface area (Å²) in [7, 11) is 1.58. The molecule has 100 valence electrons. The predicted octanol–water partition coefficient (Wildman–Crippen LogP) is 1.56. The number of methoxy groups -OCH3 is 1. The van der Waals surface area contributed by atoms with Gasteiger partial charge < -0.3 is 20.5 Å². The van der Waals surface area contributed by atoms with Crippen LogP contribution in [0.1, 0.15) is 6.92 Å². The minimum Gasteiger partial charge on any atom is -0.480 e. The summed E-state index contributed by atoms with van der Waals surface area (Å²) in [5.74, 6) is 0.353. The lowest BCUT2D eigenvalue weighted by molar-refractivity contribution is -0.127. The van der Waals surface area contributed by atoms with E-state index >= 15 is 0 Å². The molecule has 0 aliphatic rings. The minimum atomic E-state index is -0.597. The van der Waals surface area contributed by atoms with Crippen molar-refractivity contribution in [3.63, 3.8) is 0 Å². The number of amides is 1. The lowest BCUT2D eigenvalue weighted by Gasteiger charge is -2.16. The lowest BCUT2D eigenvalue weighted by Crippen LogP contribution is -2.38. The van der Waals surface area contributed by atoms with Crippen molar-refractivity contribution in [2.24, 2.45) is 0 Å². The maximum Gasteiger partial charge on any atom is 0.260 e. The molecular weight excluding hydrogens is 300 g/mol. The van der Waals surface area contributed by atoms with Crippen molar-refractivity contribution in [2.45, 2.75) is 13.0 Å². The van der Waals surface area contributed by atoms with Gasteiger partial charge in [-0.1, -0.05) is 6.07 Å². The predicted molar refractivity (Wildman–Crippen MR) is 73.5 cm³/mol. The molecule has 1 amide bonds. The van der Waals surface area contributed by atoms with Gasteiger partial charge in [-0.2, -0.15) is 0 Å². The first kappa shape index (κ1) is 14.8. The molecule has 0 aromatic heterocycles. The zero-order valence-electron chi connectivity index (χ0n) is 10.4. The van der Waals surface area contributed by atoms with Gasteiger partial charge >= 0.3 is 0 Å². The topological polar surface area (TPSA) is 73.6 Å². The Bertz CT molecular complexity index is 412. The largest absolute Gasteiger partial charge is 0.480 e.